The normalized spacial score (nSPS) is 12.2. The molecule has 0 fully saturated rings. The standard InChI is InChI=1S/C21H19NO7/c1-2-3-8-26-21(25)18-19(23)14-6-4-12(9-15(14)20(24)22-18)29-13-5-7-16-17(10-13)28-11-27-16/h4-7,9-10,23H,2-3,8,11H2,1H3,(H,22,24). The first-order chi connectivity index (χ1) is 14.1. The summed E-state index contributed by atoms with van der Waals surface area (Å²) >= 11 is 0. The zero-order valence-corrected chi connectivity index (χ0v) is 15.7. The van der Waals surface area contributed by atoms with E-state index in [9.17, 15) is 14.7 Å². The number of rotatable bonds is 6. The lowest BCUT2D eigenvalue weighted by molar-refractivity contribution is 0.0489. The van der Waals surface area contributed by atoms with Crippen molar-refractivity contribution in [1.29, 1.82) is 0 Å². The largest absolute Gasteiger partial charge is 0.505 e. The number of esters is 1. The van der Waals surface area contributed by atoms with Gasteiger partial charge in [0, 0.05) is 11.5 Å². The van der Waals surface area contributed by atoms with Crippen molar-refractivity contribution in [1.82, 2.24) is 4.98 Å². The molecule has 2 aromatic carbocycles. The average Bonchev–Trinajstić information content (AvgIpc) is 3.18. The number of pyridine rings is 1. The smallest absolute Gasteiger partial charge is 0.358 e. The van der Waals surface area contributed by atoms with E-state index in [1.807, 2.05) is 6.92 Å². The van der Waals surface area contributed by atoms with Crippen LogP contribution in [0.1, 0.15) is 30.3 Å². The number of ether oxygens (including phenoxy) is 4. The van der Waals surface area contributed by atoms with Gasteiger partial charge in [0.25, 0.3) is 5.56 Å². The average molecular weight is 397 g/mol. The van der Waals surface area contributed by atoms with Crippen molar-refractivity contribution in [2.24, 2.45) is 0 Å². The number of H-pyrrole nitrogens is 1. The highest BCUT2D eigenvalue weighted by molar-refractivity contribution is 5.99. The summed E-state index contributed by atoms with van der Waals surface area (Å²) in [5, 5.41) is 10.9. The van der Waals surface area contributed by atoms with Crippen molar-refractivity contribution in [3.05, 3.63) is 52.4 Å². The summed E-state index contributed by atoms with van der Waals surface area (Å²) in [4.78, 5) is 27.0. The van der Waals surface area contributed by atoms with E-state index in [1.54, 1.807) is 24.3 Å². The van der Waals surface area contributed by atoms with Crippen LogP contribution in [-0.2, 0) is 4.74 Å². The zero-order chi connectivity index (χ0) is 20.4. The van der Waals surface area contributed by atoms with Gasteiger partial charge in [0.15, 0.2) is 22.9 Å². The minimum atomic E-state index is -0.768. The van der Waals surface area contributed by atoms with Crippen LogP contribution >= 0.6 is 0 Å². The van der Waals surface area contributed by atoms with Gasteiger partial charge < -0.3 is 29.0 Å². The highest BCUT2D eigenvalue weighted by Gasteiger charge is 2.19. The lowest BCUT2D eigenvalue weighted by Gasteiger charge is -2.10. The molecule has 0 bridgehead atoms. The Morgan fingerprint density at radius 1 is 1.10 bits per heavy atom. The Hall–Kier alpha value is -3.68. The molecule has 0 atom stereocenters. The topological polar surface area (TPSA) is 107 Å². The minimum Gasteiger partial charge on any atom is -0.505 e. The van der Waals surface area contributed by atoms with Gasteiger partial charge in [-0.1, -0.05) is 13.3 Å². The van der Waals surface area contributed by atoms with Gasteiger partial charge in [0.2, 0.25) is 6.79 Å². The van der Waals surface area contributed by atoms with E-state index < -0.39 is 11.5 Å². The molecule has 0 saturated heterocycles. The Morgan fingerprint density at radius 2 is 1.86 bits per heavy atom. The Morgan fingerprint density at radius 3 is 2.69 bits per heavy atom. The molecule has 1 aromatic heterocycles. The molecule has 0 unspecified atom stereocenters. The quantitative estimate of drug-likeness (QED) is 0.482. The fourth-order valence-electron chi connectivity index (χ4n) is 2.96. The number of nitrogens with one attached hydrogen (secondary N) is 1. The summed E-state index contributed by atoms with van der Waals surface area (Å²) in [7, 11) is 0. The first kappa shape index (κ1) is 18.7. The Balaban J connectivity index is 1.62. The number of aromatic nitrogens is 1. The van der Waals surface area contributed by atoms with Crippen molar-refractivity contribution >= 4 is 16.7 Å². The summed E-state index contributed by atoms with van der Waals surface area (Å²) in [5.41, 5.74) is -0.792. The summed E-state index contributed by atoms with van der Waals surface area (Å²) in [6.07, 6.45) is 1.56. The molecule has 0 aliphatic carbocycles. The highest BCUT2D eigenvalue weighted by atomic mass is 16.7. The van der Waals surface area contributed by atoms with Crippen LogP contribution in [0.3, 0.4) is 0 Å². The molecule has 3 aromatic rings. The van der Waals surface area contributed by atoms with Crippen LogP contribution in [0.15, 0.2) is 41.2 Å². The third-order valence-corrected chi connectivity index (χ3v) is 4.48. The SMILES string of the molecule is CCCCOC(=O)c1[nH]c(=O)c2cc(Oc3ccc4c(c3)OCO4)ccc2c1O. The summed E-state index contributed by atoms with van der Waals surface area (Å²) in [5.74, 6) is 0.997. The number of unbranched alkanes of at least 4 members (excludes halogenated alkanes) is 1. The van der Waals surface area contributed by atoms with Crippen LogP contribution < -0.4 is 19.8 Å². The number of fused-ring (bicyclic) bond motifs is 2. The summed E-state index contributed by atoms with van der Waals surface area (Å²) < 4.78 is 21.4. The number of aromatic hydroxyl groups is 1. The van der Waals surface area contributed by atoms with Gasteiger partial charge in [0.1, 0.15) is 11.5 Å². The van der Waals surface area contributed by atoms with E-state index in [0.717, 1.165) is 6.42 Å². The molecule has 8 nitrogen and oxygen atoms in total. The van der Waals surface area contributed by atoms with Gasteiger partial charge in [-0.25, -0.2) is 4.79 Å². The van der Waals surface area contributed by atoms with Crippen LogP contribution in [0.4, 0.5) is 0 Å². The maximum Gasteiger partial charge on any atom is 0.358 e. The molecule has 2 heterocycles. The van der Waals surface area contributed by atoms with E-state index in [0.29, 0.717) is 29.4 Å². The molecule has 8 heteroatoms. The van der Waals surface area contributed by atoms with Crippen molar-refractivity contribution in [3.8, 4) is 28.7 Å². The number of hydrogen-bond acceptors (Lipinski definition) is 7. The second-order valence-corrected chi connectivity index (χ2v) is 6.49. The van der Waals surface area contributed by atoms with Crippen molar-refractivity contribution in [2.45, 2.75) is 19.8 Å². The predicted octanol–water partition coefficient (Wildman–Crippen LogP) is 3.71. The molecule has 1 aliphatic rings. The molecule has 29 heavy (non-hydrogen) atoms. The second kappa shape index (κ2) is 7.75. The van der Waals surface area contributed by atoms with Crippen LogP contribution in [0.2, 0.25) is 0 Å². The molecule has 2 N–H and O–H groups in total. The number of carbonyl (C=O) groups excluding carboxylic acids is 1. The van der Waals surface area contributed by atoms with E-state index in [-0.39, 0.29) is 35.6 Å². The zero-order valence-electron chi connectivity index (χ0n) is 15.7. The van der Waals surface area contributed by atoms with Crippen molar-refractivity contribution < 1.29 is 28.8 Å². The number of carbonyl (C=O) groups is 1. The van der Waals surface area contributed by atoms with Crippen molar-refractivity contribution in [2.75, 3.05) is 13.4 Å². The van der Waals surface area contributed by atoms with Gasteiger partial charge in [-0.2, -0.15) is 0 Å². The lowest BCUT2D eigenvalue weighted by Crippen LogP contribution is -2.16. The van der Waals surface area contributed by atoms with Crippen LogP contribution in [0.25, 0.3) is 10.8 Å². The maximum absolute atomic E-state index is 12.5. The van der Waals surface area contributed by atoms with Gasteiger partial charge in [0.05, 0.1) is 12.0 Å². The van der Waals surface area contributed by atoms with Gasteiger partial charge in [-0.3, -0.25) is 4.79 Å². The van der Waals surface area contributed by atoms with E-state index in [1.165, 1.54) is 12.1 Å². The third-order valence-electron chi connectivity index (χ3n) is 4.48. The van der Waals surface area contributed by atoms with Gasteiger partial charge in [-0.05, 0) is 36.8 Å². The number of aromatic amines is 1. The van der Waals surface area contributed by atoms with Gasteiger partial charge >= 0.3 is 5.97 Å². The predicted molar refractivity (Wildman–Crippen MR) is 104 cm³/mol. The van der Waals surface area contributed by atoms with E-state index in [4.69, 9.17) is 18.9 Å². The Bertz CT molecular complexity index is 1140. The molecule has 1 aliphatic heterocycles. The van der Waals surface area contributed by atoms with E-state index in [2.05, 4.69) is 4.98 Å². The molecule has 0 spiro atoms. The third kappa shape index (κ3) is 3.69. The molecular weight excluding hydrogens is 378 g/mol. The van der Waals surface area contributed by atoms with Crippen LogP contribution in [0.5, 0.6) is 28.7 Å². The molecule has 0 saturated carbocycles. The first-order valence-corrected chi connectivity index (χ1v) is 9.20. The van der Waals surface area contributed by atoms with Gasteiger partial charge in [-0.15, -0.1) is 0 Å². The second-order valence-electron chi connectivity index (χ2n) is 6.49. The fourth-order valence-corrected chi connectivity index (χ4v) is 2.96. The van der Waals surface area contributed by atoms with Crippen LogP contribution in [-0.4, -0.2) is 29.5 Å². The Labute approximate surface area is 165 Å². The molecule has 150 valence electrons. The van der Waals surface area contributed by atoms with Crippen LogP contribution in [0, 0.1) is 0 Å². The highest BCUT2D eigenvalue weighted by Crippen LogP contribution is 2.37. The molecule has 4 rings (SSSR count). The first-order valence-electron chi connectivity index (χ1n) is 9.20. The van der Waals surface area contributed by atoms with Crippen molar-refractivity contribution in [3.63, 3.8) is 0 Å². The Kier molecular flexibility index (Phi) is 4.99. The number of benzene rings is 2. The van der Waals surface area contributed by atoms with E-state index >= 15 is 0 Å². The summed E-state index contributed by atoms with van der Waals surface area (Å²) in [6.45, 7) is 2.34. The maximum atomic E-state index is 12.5. The fraction of sp³-hybridized carbons (Fsp3) is 0.238. The molecule has 0 radical (unpaired) electrons. The number of hydrogen-bond donors (Lipinski definition) is 2. The minimum absolute atomic E-state index is 0.159. The molecule has 0 amide bonds. The lowest BCUT2D eigenvalue weighted by atomic mass is 10.1. The molecular formula is C21H19NO7. The summed E-state index contributed by atoms with van der Waals surface area (Å²) in [6, 6.07) is 9.74. The monoisotopic (exact) mass is 397 g/mol.